The van der Waals surface area contributed by atoms with Crippen molar-refractivity contribution < 1.29 is 18.0 Å². The summed E-state index contributed by atoms with van der Waals surface area (Å²) in [6.45, 7) is 1.03. The first-order valence-electron chi connectivity index (χ1n) is 5.04. The number of carbonyl (C=O) groups is 2. The van der Waals surface area contributed by atoms with Crippen LogP contribution < -0.4 is 5.32 Å². The van der Waals surface area contributed by atoms with Crippen molar-refractivity contribution in [3.05, 3.63) is 14.9 Å². The molecule has 1 unspecified atom stereocenters. The third-order valence-corrected chi connectivity index (χ3v) is 7.40. The van der Waals surface area contributed by atoms with Gasteiger partial charge in [-0.15, -0.1) is 11.3 Å². The molecule has 0 radical (unpaired) electrons. The van der Waals surface area contributed by atoms with Crippen LogP contribution in [0.3, 0.4) is 0 Å². The van der Waals surface area contributed by atoms with Gasteiger partial charge in [0.05, 0.1) is 15.4 Å². The molecule has 2 heterocycles. The van der Waals surface area contributed by atoms with Crippen LogP contribution in [0.1, 0.15) is 6.92 Å². The molecule has 0 aliphatic carbocycles. The van der Waals surface area contributed by atoms with E-state index in [1.54, 1.807) is 0 Å². The van der Waals surface area contributed by atoms with Crippen LogP contribution in [0.25, 0.3) is 0 Å². The van der Waals surface area contributed by atoms with Crippen LogP contribution in [-0.4, -0.2) is 37.1 Å². The van der Waals surface area contributed by atoms with E-state index in [0.29, 0.717) is 3.79 Å². The Balaban J connectivity index is 2.43. The van der Waals surface area contributed by atoms with Crippen molar-refractivity contribution in [2.24, 2.45) is 0 Å². The topological polar surface area (TPSA) is 83.6 Å². The van der Waals surface area contributed by atoms with Crippen LogP contribution in [-0.2, 0) is 19.6 Å². The average Bonchev–Trinajstić information content (AvgIpc) is 2.65. The highest BCUT2D eigenvalue weighted by Gasteiger charge is 2.39. The average molecular weight is 388 g/mol. The molecule has 104 valence electrons. The highest BCUT2D eigenvalue weighted by molar-refractivity contribution is 9.11. The molecule has 2 amide bonds. The van der Waals surface area contributed by atoms with Crippen molar-refractivity contribution in [2.45, 2.75) is 17.2 Å². The zero-order chi connectivity index (χ0) is 14.4. The molecule has 1 aromatic rings. The van der Waals surface area contributed by atoms with Crippen LogP contribution in [0.15, 0.2) is 14.1 Å². The number of rotatable bonds is 2. The summed E-state index contributed by atoms with van der Waals surface area (Å²) in [5.74, 6) is -1.28. The summed E-state index contributed by atoms with van der Waals surface area (Å²) in [6, 6.07) is 0.345. The first-order chi connectivity index (χ1) is 8.73. The van der Waals surface area contributed by atoms with Gasteiger partial charge in [0, 0.05) is 0 Å². The van der Waals surface area contributed by atoms with Crippen LogP contribution >= 0.6 is 38.9 Å². The van der Waals surface area contributed by atoms with Gasteiger partial charge in [-0.2, -0.15) is 4.31 Å². The quantitative estimate of drug-likeness (QED) is 0.773. The summed E-state index contributed by atoms with van der Waals surface area (Å²) in [6.07, 6.45) is 0. The van der Waals surface area contributed by atoms with Crippen molar-refractivity contribution in [3.63, 3.8) is 0 Å². The molecule has 1 fully saturated rings. The Bertz CT molecular complexity index is 638. The predicted molar refractivity (Wildman–Crippen MR) is 73.5 cm³/mol. The number of piperazine rings is 1. The standard InChI is InChI=1S/C9H8BrClN2O4S2/c1-4-9(15)12-6(14)3-13(4)19(16,17)7-2-5(11)8(10)18-7/h2,4H,3H2,1H3,(H,12,14,15). The van der Waals surface area contributed by atoms with Gasteiger partial charge in [0.25, 0.3) is 10.0 Å². The number of amides is 2. The largest absolute Gasteiger partial charge is 0.294 e. The molecule has 0 saturated carbocycles. The van der Waals surface area contributed by atoms with Crippen molar-refractivity contribution >= 4 is 60.7 Å². The van der Waals surface area contributed by atoms with Gasteiger partial charge in [-0.3, -0.25) is 14.9 Å². The molecule has 1 aliphatic rings. The lowest BCUT2D eigenvalue weighted by molar-refractivity contribution is -0.136. The van der Waals surface area contributed by atoms with Crippen molar-refractivity contribution in [2.75, 3.05) is 6.54 Å². The van der Waals surface area contributed by atoms with E-state index in [9.17, 15) is 18.0 Å². The van der Waals surface area contributed by atoms with Crippen molar-refractivity contribution in [3.8, 4) is 0 Å². The molecule has 1 aliphatic heterocycles. The second-order valence-corrected chi connectivity index (χ2v) is 8.72. The highest BCUT2D eigenvalue weighted by atomic mass is 79.9. The van der Waals surface area contributed by atoms with E-state index in [1.165, 1.54) is 13.0 Å². The third-order valence-electron chi connectivity index (χ3n) is 2.56. The van der Waals surface area contributed by atoms with Crippen LogP contribution in [0.2, 0.25) is 5.02 Å². The molecular formula is C9H8BrClN2O4S2. The summed E-state index contributed by atoms with van der Waals surface area (Å²) in [5, 5.41) is 2.35. The summed E-state index contributed by atoms with van der Waals surface area (Å²) in [4.78, 5) is 22.8. The van der Waals surface area contributed by atoms with Crippen molar-refractivity contribution in [1.82, 2.24) is 9.62 Å². The van der Waals surface area contributed by atoms with E-state index >= 15 is 0 Å². The zero-order valence-corrected chi connectivity index (χ0v) is 13.5. The van der Waals surface area contributed by atoms with Gasteiger partial charge < -0.3 is 0 Å². The fourth-order valence-electron chi connectivity index (χ4n) is 1.55. The van der Waals surface area contributed by atoms with Gasteiger partial charge in [-0.25, -0.2) is 8.42 Å². The van der Waals surface area contributed by atoms with Crippen LogP contribution in [0, 0.1) is 0 Å². The molecule has 6 nitrogen and oxygen atoms in total. The Hall–Kier alpha value is -0.480. The number of sulfonamides is 1. The number of hydrogen-bond donors (Lipinski definition) is 1. The second kappa shape index (κ2) is 5.13. The molecular weight excluding hydrogens is 380 g/mol. The van der Waals surface area contributed by atoms with E-state index in [1.807, 2.05) is 0 Å². The van der Waals surface area contributed by atoms with Gasteiger partial charge in [0.15, 0.2) is 0 Å². The molecule has 0 aromatic carbocycles. The van der Waals surface area contributed by atoms with Crippen LogP contribution in [0.5, 0.6) is 0 Å². The van der Waals surface area contributed by atoms with E-state index in [0.717, 1.165) is 15.6 Å². The second-order valence-electron chi connectivity index (χ2n) is 3.83. The van der Waals surface area contributed by atoms with Gasteiger partial charge in [-0.05, 0) is 28.9 Å². The van der Waals surface area contributed by atoms with Gasteiger partial charge in [-0.1, -0.05) is 11.6 Å². The number of thiophene rings is 1. The Kier molecular flexibility index (Phi) is 4.03. The number of carbonyl (C=O) groups excluding carboxylic acids is 2. The van der Waals surface area contributed by atoms with E-state index in [-0.39, 0.29) is 15.8 Å². The lowest BCUT2D eigenvalue weighted by Gasteiger charge is -2.30. The number of hydrogen-bond acceptors (Lipinski definition) is 5. The van der Waals surface area contributed by atoms with E-state index < -0.39 is 27.9 Å². The van der Waals surface area contributed by atoms with Crippen LogP contribution in [0.4, 0.5) is 0 Å². The minimum atomic E-state index is -3.92. The van der Waals surface area contributed by atoms with Gasteiger partial charge in [0.2, 0.25) is 11.8 Å². The van der Waals surface area contributed by atoms with E-state index in [4.69, 9.17) is 11.6 Å². The van der Waals surface area contributed by atoms with E-state index in [2.05, 4.69) is 21.2 Å². The molecule has 19 heavy (non-hydrogen) atoms. The number of imide groups is 1. The summed E-state index contributed by atoms with van der Waals surface area (Å²) < 4.78 is 26.1. The lowest BCUT2D eigenvalue weighted by Crippen LogP contribution is -2.58. The fraction of sp³-hybridized carbons (Fsp3) is 0.333. The molecule has 1 saturated heterocycles. The number of nitrogens with zero attached hydrogens (tertiary/aromatic N) is 1. The Labute approximate surface area is 126 Å². The smallest absolute Gasteiger partial charge is 0.253 e. The molecule has 10 heteroatoms. The highest BCUT2D eigenvalue weighted by Crippen LogP contribution is 2.36. The molecule has 1 aromatic heterocycles. The minimum Gasteiger partial charge on any atom is -0.294 e. The number of nitrogens with one attached hydrogen (secondary N) is 1. The first kappa shape index (κ1) is 14.9. The van der Waals surface area contributed by atoms with Gasteiger partial charge >= 0.3 is 0 Å². The monoisotopic (exact) mass is 386 g/mol. The molecule has 0 spiro atoms. The summed E-state index contributed by atoms with van der Waals surface area (Å²) in [7, 11) is -3.92. The third kappa shape index (κ3) is 2.70. The maximum Gasteiger partial charge on any atom is 0.253 e. The fourth-order valence-corrected chi connectivity index (χ4v) is 5.63. The maximum absolute atomic E-state index is 12.4. The SMILES string of the molecule is CC1C(=O)NC(=O)CN1S(=O)(=O)c1cc(Cl)c(Br)s1. The molecule has 1 atom stereocenters. The maximum atomic E-state index is 12.4. The summed E-state index contributed by atoms with van der Waals surface area (Å²) >= 11 is 9.86. The Morgan fingerprint density at radius 3 is 2.68 bits per heavy atom. The molecule has 0 bridgehead atoms. The predicted octanol–water partition coefficient (Wildman–Crippen LogP) is 1.20. The Morgan fingerprint density at radius 1 is 1.53 bits per heavy atom. The first-order valence-corrected chi connectivity index (χ1v) is 8.46. The van der Waals surface area contributed by atoms with Crippen molar-refractivity contribution in [1.29, 1.82) is 0 Å². The summed E-state index contributed by atoms with van der Waals surface area (Å²) in [5.41, 5.74) is 0. The molecule has 1 N–H and O–H groups in total. The lowest BCUT2D eigenvalue weighted by atomic mass is 10.2. The Morgan fingerprint density at radius 2 is 2.16 bits per heavy atom. The minimum absolute atomic E-state index is 0.0151. The molecule has 2 rings (SSSR count). The normalized spacial score (nSPS) is 21.5. The number of halogens is 2. The zero-order valence-electron chi connectivity index (χ0n) is 9.51. The van der Waals surface area contributed by atoms with Gasteiger partial charge in [0.1, 0.15) is 10.3 Å².